The van der Waals surface area contributed by atoms with E-state index < -0.39 is 16.9 Å². The quantitative estimate of drug-likeness (QED) is 0.686. The molecule has 1 aliphatic rings. The van der Waals surface area contributed by atoms with E-state index in [2.05, 4.69) is 9.97 Å². The van der Waals surface area contributed by atoms with Crippen LogP contribution >= 0.6 is 0 Å². The number of carbonyl (C=O) groups is 1. The summed E-state index contributed by atoms with van der Waals surface area (Å²) in [4.78, 5) is 41.5. The smallest absolute Gasteiger partial charge is 0.325 e. The van der Waals surface area contributed by atoms with E-state index in [-0.39, 0.29) is 23.8 Å². The Hall–Kier alpha value is -1.89. The number of aromatic amines is 2. The molecule has 0 aromatic carbocycles. The summed E-state index contributed by atoms with van der Waals surface area (Å²) in [5.41, 5.74) is -1.17. The SMILES string of the molecule is Cc1[nH]c(=O)[nH]c(=O)c1CC(=O)N1CC[C@](C)(O)[C@H](C)C1. The Labute approximate surface area is 122 Å². The number of hydrogen-bond acceptors (Lipinski definition) is 4. The van der Waals surface area contributed by atoms with E-state index in [0.717, 1.165) is 0 Å². The van der Waals surface area contributed by atoms with Gasteiger partial charge < -0.3 is 15.0 Å². The molecule has 1 fully saturated rings. The number of carbonyl (C=O) groups excluding carboxylic acids is 1. The third-order valence-electron chi connectivity index (χ3n) is 4.38. The Morgan fingerprint density at radius 3 is 2.67 bits per heavy atom. The molecule has 3 N–H and O–H groups in total. The van der Waals surface area contributed by atoms with Crippen molar-refractivity contribution in [1.29, 1.82) is 0 Å². The number of hydrogen-bond donors (Lipinski definition) is 3. The maximum absolute atomic E-state index is 12.3. The summed E-state index contributed by atoms with van der Waals surface area (Å²) in [5, 5.41) is 10.1. The van der Waals surface area contributed by atoms with Crippen LogP contribution in [0.25, 0.3) is 0 Å². The van der Waals surface area contributed by atoms with Gasteiger partial charge in [-0.15, -0.1) is 0 Å². The van der Waals surface area contributed by atoms with Crippen LogP contribution in [0.1, 0.15) is 31.5 Å². The molecule has 0 aliphatic carbocycles. The summed E-state index contributed by atoms with van der Waals surface area (Å²) in [6.07, 6.45) is 0.466. The highest BCUT2D eigenvalue weighted by atomic mass is 16.3. The van der Waals surface area contributed by atoms with Crippen LogP contribution in [0.3, 0.4) is 0 Å². The monoisotopic (exact) mass is 295 g/mol. The van der Waals surface area contributed by atoms with Gasteiger partial charge in [0, 0.05) is 30.3 Å². The fourth-order valence-electron chi connectivity index (χ4n) is 2.55. The highest BCUT2D eigenvalue weighted by Gasteiger charge is 2.36. The summed E-state index contributed by atoms with van der Waals surface area (Å²) in [5.74, 6) is -0.192. The minimum atomic E-state index is -0.762. The molecule has 0 unspecified atom stereocenters. The van der Waals surface area contributed by atoms with Crippen molar-refractivity contribution in [3.63, 3.8) is 0 Å². The molecule has 2 atom stereocenters. The second-order valence-electron chi connectivity index (χ2n) is 6.04. The Morgan fingerprint density at radius 1 is 1.43 bits per heavy atom. The lowest BCUT2D eigenvalue weighted by molar-refractivity contribution is -0.137. The first-order valence-corrected chi connectivity index (χ1v) is 7.03. The Kier molecular flexibility index (Phi) is 4.04. The van der Waals surface area contributed by atoms with Crippen molar-refractivity contribution in [3.8, 4) is 0 Å². The van der Waals surface area contributed by atoms with Gasteiger partial charge in [0.15, 0.2) is 0 Å². The Balaban J connectivity index is 2.13. The van der Waals surface area contributed by atoms with Crippen LogP contribution in [0.4, 0.5) is 0 Å². The number of amides is 1. The molecular weight excluding hydrogens is 274 g/mol. The normalized spacial score (nSPS) is 25.9. The highest BCUT2D eigenvalue weighted by molar-refractivity contribution is 5.79. The van der Waals surface area contributed by atoms with E-state index in [4.69, 9.17) is 0 Å². The second kappa shape index (κ2) is 5.48. The topological polar surface area (TPSA) is 106 Å². The van der Waals surface area contributed by atoms with Crippen LogP contribution in [0.15, 0.2) is 9.59 Å². The third kappa shape index (κ3) is 3.24. The molecule has 1 aromatic heterocycles. The summed E-state index contributed by atoms with van der Waals surface area (Å²) in [7, 11) is 0. The van der Waals surface area contributed by atoms with E-state index in [1.807, 2.05) is 6.92 Å². The first-order chi connectivity index (χ1) is 9.70. The number of likely N-dealkylation sites (tertiary alicyclic amines) is 1. The molecule has 1 aliphatic heterocycles. The summed E-state index contributed by atoms with van der Waals surface area (Å²) in [6.45, 7) is 6.21. The fraction of sp³-hybridized carbons (Fsp3) is 0.643. The van der Waals surface area contributed by atoms with Gasteiger partial charge in [-0.05, 0) is 20.3 Å². The zero-order chi connectivity index (χ0) is 15.8. The molecular formula is C14H21N3O4. The lowest BCUT2D eigenvalue weighted by Gasteiger charge is -2.41. The van der Waals surface area contributed by atoms with Crippen molar-refractivity contribution in [2.75, 3.05) is 13.1 Å². The average Bonchev–Trinajstić information content (AvgIpc) is 2.36. The lowest BCUT2D eigenvalue weighted by atomic mass is 9.84. The molecule has 1 amide bonds. The van der Waals surface area contributed by atoms with Gasteiger partial charge in [-0.1, -0.05) is 6.92 Å². The second-order valence-corrected chi connectivity index (χ2v) is 6.04. The van der Waals surface area contributed by atoms with Gasteiger partial charge in [0.2, 0.25) is 5.91 Å². The summed E-state index contributed by atoms with van der Waals surface area (Å²) in [6, 6.07) is 0. The van der Waals surface area contributed by atoms with Crippen LogP contribution in [-0.2, 0) is 11.2 Å². The highest BCUT2D eigenvalue weighted by Crippen LogP contribution is 2.27. The largest absolute Gasteiger partial charge is 0.390 e. The molecule has 0 spiro atoms. The van der Waals surface area contributed by atoms with Crippen LogP contribution < -0.4 is 11.2 Å². The van der Waals surface area contributed by atoms with Gasteiger partial charge >= 0.3 is 5.69 Å². The van der Waals surface area contributed by atoms with E-state index in [9.17, 15) is 19.5 Å². The molecule has 0 saturated carbocycles. The Morgan fingerprint density at radius 2 is 2.10 bits per heavy atom. The number of H-pyrrole nitrogens is 2. The van der Waals surface area contributed by atoms with Crippen molar-refractivity contribution >= 4 is 5.91 Å². The number of nitrogens with zero attached hydrogens (tertiary/aromatic N) is 1. The maximum atomic E-state index is 12.3. The van der Waals surface area contributed by atoms with E-state index >= 15 is 0 Å². The zero-order valence-electron chi connectivity index (χ0n) is 12.5. The number of aromatic nitrogens is 2. The number of piperidine rings is 1. The van der Waals surface area contributed by atoms with Gasteiger partial charge in [0.05, 0.1) is 12.0 Å². The minimum absolute atomic E-state index is 0.0230. The first kappa shape index (κ1) is 15.5. The predicted octanol–water partition coefficient (Wildman–Crippen LogP) is -0.466. The number of aliphatic hydroxyl groups is 1. The van der Waals surface area contributed by atoms with Gasteiger partial charge in [-0.3, -0.25) is 14.6 Å². The van der Waals surface area contributed by atoms with Gasteiger partial charge in [-0.25, -0.2) is 4.79 Å². The maximum Gasteiger partial charge on any atom is 0.325 e. The van der Waals surface area contributed by atoms with Crippen LogP contribution in [-0.4, -0.2) is 44.6 Å². The number of aryl methyl sites for hydroxylation is 1. The molecule has 0 radical (unpaired) electrons. The molecule has 1 aromatic rings. The molecule has 7 nitrogen and oxygen atoms in total. The Bertz CT molecular complexity index is 659. The molecule has 2 heterocycles. The molecule has 116 valence electrons. The van der Waals surface area contributed by atoms with Crippen molar-refractivity contribution in [2.45, 2.75) is 39.2 Å². The fourth-order valence-corrected chi connectivity index (χ4v) is 2.55. The average molecular weight is 295 g/mol. The summed E-state index contributed by atoms with van der Waals surface area (Å²) >= 11 is 0. The molecule has 2 rings (SSSR count). The van der Waals surface area contributed by atoms with Crippen molar-refractivity contribution in [2.24, 2.45) is 5.92 Å². The molecule has 0 bridgehead atoms. The van der Waals surface area contributed by atoms with E-state index in [1.54, 1.807) is 18.7 Å². The minimum Gasteiger partial charge on any atom is -0.390 e. The molecule has 7 heteroatoms. The number of rotatable bonds is 2. The van der Waals surface area contributed by atoms with Gasteiger partial charge in [0.25, 0.3) is 5.56 Å². The standard InChI is InChI=1S/C14H21N3O4/c1-8-7-17(5-4-14(8,3)21)11(18)6-10-9(2)15-13(20)16-12(10)19/h8,21H,4-7H2,1-3H3,(H2,15,16,19,20)/t8-,14+/m1/s1. The third-order valence-corrected chi connectivity index (χ3v) is 4.38. The molecule has 1 saturated heterocycles. The van der Waals surface area contributed by atoms with E-state index in [1.165, 1.54) is 0 Å². The lowest BCUT2D eigenvalue weighted by Crippen LogP contribution is -2.51. The summed E-state index contributed by atoms with van der Waals surface area (Å²) < 4.78 is 0. The molecule has 21 heavy (non-hydrogen) atoms. The zero-order valence-corrected chi connectivity index (χ0v) is 12.5. The predicted molar refractivity (Wildman–Crippen MR) is 77.1 cm³/mol. The van der Waals surface area contributed by atoms with Crippen molar-refractivity contribution in [1.82, 2.24) is 14.9 Å². The van der Waals surface area contributed by atoms with Crippen molar-refractivity contribution in [3.05, 3.63) is 32.1 Å². The van der Waals surface area contributed by atoms with Gasteiger partial charge in [-0.2, -0.15) is 0 Å². The van der Waals surface area contributed by atoms with Crippen molar-refractivity contribution < 1.29 is 9.90 Å². The van der Waals surface area contributed by atoms with E-state index in [0.29, 0.717) is 25.2 Å². The van der Waals surface area contributed by atoms with Crippen LogP contribution in [0, 0.1) is 12.8 Å². The first-order valence-electron chi connectivity index (χ1n) is 7.03. The van der Waals surface area contributed by atoms with Gasteiger partial charge in [0.1, 0.15) is 0 Å². The number of nitrogens with one attached hydrogen (secondary N) is 2. The van der Waals surface area contributed by atoms with Crippen LogP contribution in [0.5, 0.6) is 0 Å². The van der Waals surface area contributed by atoms with Crippen LogP contribution in [0.2, 0.25) is 0 Å².